The second kappa shape index (κ2) is 7.64. The number of halogens is 1. The minimum absolute atomic E-state index is 0.0460. The molecule has 2 N–H and O–H groups in total. The number of nitrogens with one attached hydrogen (secondary N) is 2. The van der Waals surface area contributed by atoms with E-state index < -0.39 is 0 Å². The fourth-order valence-electron chi connectivity index (χ4n) is 2.38. The number of hydrogen-bond donors (Lipinski definition) is 2. The molecule has 21 heavy (non-hydrogen) atoms. The van der Waals surface area contributed by atoms with Crippen LogP contribution in [0.4, 0.5) is 5.69 Å². The van der Waals surface area contributed by atoms with Gasteiger partial charge in [0.25, 0.3) is 0 Å². The molecule has 1 aromatic rings. The van der Waals surface area contributed by atoms with Crippen molar-refractivity contribution in [3.05, 3.63) is 23.2 Å². The SMILES string of the molecule is CCNC1COCC1C(=O)Nc1cc(Cl)ccc1OCC. The Balaban J connectivity index is 2.10. The molecule has 0 aromatic heterocycles. The first kappa shape index (κ1) is 16.1. The van der Waals surface area contributed by atoms with E-state index in [1.165, 1.54) is 0 Å². The van der Waals surface area contributed by atoms with Crippen LogP contribution in [0.5, 0.6) is 5.75 Å². The summed E-state index contributed by atoms with van der Waals surface area (Å²) in [5.74, 6) is 0.328. The van der Waals surface area contributed by atoms with Gasteiger partial charge >= 0.3 is 0 Å². The maximum atomic E-state index is 12.4. The van der Waals surface area contributed by atoms with Gasteiger partial charge in [0.2, 0.25) is 5.91 Å². The largest absolute Gasteiger partial charge is 0.492 e. The molecule has 1 aliphatic rings. The van der Waals surface area contributed by atoms with E-state index in [9.17, 15) is 4.79 Å². The van der Waals surface area contributed by atoms with Crippen LogP contribution in [0, 0.1) is 5.92 Å². The lowest BCUT2D eigenvalue weighted by molar-refractivity contribution is -0.120. The summed E-state index contributed by atoms with van der Waals surface area (Å²) in [6, 6.07) is 5.24. The Morgan fingerprint density at radius 2 is 2.24 bits per heavy atom. The Hall–Kier alpha value is -1.30. The Bertz CT molecular complexity index is 496. The zero-order chi connectivity index (χ0) is 15.2. The zero-order valence-corrected chi connectivity index (χ0v) is 13.1. The molecule has 2 rings (SSSR count). The molecule has 1 fully saturated rings. The maximum absolute atomic E-state index is 12.4. The van der Waals surface area contributed by atoms with Crippen molar-refractivity contribution in [1.29, 1.82) is 0 Å². The number of carbonyl (C=O) groups excluding carboxylic acids is 1. The van der Waals surface area contributed by atoms with E-state index in [1.807, 2.05) is 13.8 Å². The van der Waals surface area contributed by atoms with Crippen molar-refractivity contribution in [2.45, 2.75) is 19.9 Å². The van der Waals surface area contributed by atoms with Crippen LogP contribution in [0.1, 0.15) is 13.8 Å². The second-order valence-corrected chi connectivity index (χ2v) is 5.31. The highest BCUT2D eigenvalue weighted by Crippen LogP contribution is 2.29. The third-order valence-corrected chi connectivity index (χ3v) is 3.62. The van der Waals surface area contributed by atoms with Gasteiger partial charge in [-0.1, -0.05) is 18.5 Å². The summed E-state index contributed by atoms with van der Waals surface area (Å²) < 4.78 is 10.9. The first-order chi connectivity index (χ1) is 10.2. The molecule has 1 heterocycles. The van der Waals surface area contributed by atoms with Gasteiger partial charge in [-0.05, 0) is 31.7 Å². The molecular formula is C15H21ClN2O3. The molecule has 0 radical (unpaired) electrons. The minimum Gasteiger partial charge on any atom is -0.492 e. The Morgan fingerprint density at radius 1 is 1.43 bits per heavy atom. The lowest BCUT2D eigenvalue weighted by Gasteiger charge is -2.19. The van der Waals surface area contributed by atoms with Crippen molar-refractivity contribution in [2.24, 2.45) is 5.92 Å². The molecule has 1 amide bonds. The van der Waals surface area contributed by atoms with Gasteiger partial charge < -0.3 is 20.1 Å². The maximum Gasteiger partial charge on any atom is 0.231 e. The Labute approximate surface area is 130 Å². The monoisotopic (exact) mass is 312 g/mol. The number of rotatable bonds is 6. The lowest BCUT2D eigenvalue weighted by atomic mass is 10.0. The highest BCUT2D eigenvalue weighted by Gasteiger charge is 2.33. The van der Waals surface area contributed by atoms with E-state index in [2.05, 4.69) is 10.6 Å². The molecule has 1 aliphatic heterocycles. The molecule has 0 saturated carbocycles. The molecule has 6 heteroatoms. The van der Waals surface area contributed by atoms with E-state index in [4.69, 9.17) is 21.1 Å². The molecule has 0 bridgehead atoms. The summed E-state index contributed by atoms with van der Waals surface area (Å²) in [6.07, 6.45) is 0. The highest BCUT2D eigenvalue weighted by atomic mass is 35.5. The van der Waals surface area contributed by atoms with E-state index in [-0.39, 0.29) is 17.9 Å². The van der Waals surface area contributed by atoms with Gasteiger partial charge in [0.15, 0.2) is 0 Å². The van der Waals surface area contributed by atoms with Crippen molar-refractivity contribution in [3.63, 3.8) is 0 Å². The van der Waals surface area contributed by atoms with Crippen LogP contribution in [0.3, 0.4) is 0 Å². The summed E-state index contributed by atoms with van der Waals surface area (Å²) in [7, 11) is 0. The zero-order valence-electron chi connectivity index (χ0n) is 12.3. The van der Waals surface area contributed by atoms with Crippen LogP contribution >= 0.6 is 11.6 Å². The molecule has 1 aromatic carbocycles. The number of hydrogen-bond acceptors (Lipinski definition) is 4. The van der Waals surface area contributed by atoms with Crippen LogP contribution in [0.2, 0.25) is 5.02 Å². The molecule has 5 nitrogen and oxygen atoms in total. The van der Waals surface area contributed by atoms with Crippen molar-refractivity contribution >= 4 is 23.2 Å². The summed E-state index contributed by atoms with van der Waals surface area (Å²) in [6.45, 7) is 6.22. The van der Waals surface area contributed by atoms with E-state index in [0.717, 1.165) is 6.54 Å². The summed E-state index contributed by atoms with van der Waals surface area (Å²) in [4.78, 5) is 12.4. The van der Waals surface area contributed by atoms with E-state index >= 15 is 0 Å². The molecule has 2 atom stereocenters. The lowest BCUT2D eigenvalue weighted by Crippen LogP contribution is -2.41. The number of carbonyl (C=O) groups is 1. The Morgan fingerprint density at radius 3 is 2.95 bits per heavy atom. The van der Waals surface area contributed by atoms with E-state index in [0.29, 0.717) is 36.3 Å². The third-order valence-electron chi connectivity index (χ3n) is 3.38. The van der Waals surface area contributed by atoms with Gasteiger partial charge in [0.1, 0.15) is 5.75 Å². The first-order valence-electron chi connectivity index (χ1n) is 7.20. The fraction of sp³-hybridized carbons (Fsp3) is 0.533. The molecule has 116 valence electrons. The standard InChI is InChI=1S/C15H21ClN2O3/c1-3-17-13-9-20-8-11(13)15(19)18-12-7-10(16)5-6-14(12)21-4-2/h5-7,11,13,17H,3-4,8-9H2,1-2H3,(H,18,19). The number of anilines is 1. The van der Waals surface area contributed by atoms with Crippen molar-refractivity contribution in [3.8, 4) is 5.75 Å². The summed E-state index contributed by atoms with van der Waals surface area (Å²) in [5, 5.41) is 6.72. The third kappa shape index (κ3) is 4.09. The van der Waals surface area contributed by atoms with Crippen LogP contribution in [0.15, 0.2) is 18.2 Å². The first-order valence-corrected chi connectivity index (χ1v) is 7.57. The van der Waals surface area contributed by atoms with Crippen LogP contribution in [-0.4, -0.2) is 38.3 Å². The highest BCUT2D eigenvalue weighted by molar-refractivity contribution is 6.31. The number of ether oxygens (including phenoxy) is 2. The quantitative estimate of drug-likeness (QED) is 0.846. The van der Waals surface area contributed by atoms with Crippen molar-refractivity contribution in [2.75, 3.05) is 31.7 Å². The average Bonchev–Trinajstić information content (AvgIpc) is 2.91. The molecule has 2 unspecified atom stereocenters. The van der Waals surface area contributed by atoms with Crippen molar-refractivity contribution < 1.29 is 14.3 Å². The fourth-order valence-corrected chi connectivity index (χ4v) is 2.55. The van der Waals surface area contributed by atoms with Crippen LogP contribution in [0.25, 0.3) is 0 Å². The summed E-state index contributed by atoms with van der Waals surface area (Å²) >= 11 is 5.99. The van der Waals surface area contributed by atoms with Gasteiger partial charge in [-0.3, -0.25) is 4.79 Å². The van der Waals surface area contributed by atoms with Crippen LogP contribution < -0.4 is 15.4 Å². The average molecular weight is 313 g/mol. The topological polar surface area (TPSA) is 59.6 Å². The Kier molecular flexibility index (Phi) is 5.85. The summed E-state index contributed by atoms with van der Waals surface area (Å²) in [5.41, 5.74) is 0.594. The number of likely N-dealkylation sites (N-methyl/N-ethyl adjacent to an activating group) is 1. The molecule has 0 spiro atoms. The van der Waals surface area contributed by atoms with E-state index in [1.54, 1.807) is 18.2 Å². The van der Waals surface area contributed by atoms with Crippen LogP contribution in [-0.2, 0) is 9.53 Å². The van der Waals surface area contributed by atoms with Gasteiger partial charge in [-0.2, -0.15) is 0 Å². The molecule has 0 aliphatic carbocycles. The van der Waals surface area contributed by atoms with Gasteiger partial charge in [-0.25, -0.2) is 0 Å². The van der Waals surface area contributed by atoms with Gasteiger partial charge in [0, 0.05) is 11.1 Å². The smallest absolute Gasteiger partial charge is 0.231 e. The van der Waals surface area contributed by atoms with Crippen molar-refractivity contribution in [1.82, 2.24) is 5.32 Å². The molecular weight excluding hydrogens is 292 g/mol. The van der Waals surface area contributed by atoms with Gasteiger partial charge in [-0.15, -0.1) is 0 Å². The minimum atomic E-state index is -0.210. The normalized spacial score (nSPS) is 21.3. The van der Waals surface area contributed by atoms with Gasteiger partial charge in [0.05, 0.1) is 31.4 Å². The number of amides is 1. The number of benzene rings is 1. The molecule has 1 saturated heterocycles. The second-order valence-electron chi connectivity index (χ2n) is 4.87. The predicted octanol–water partition coefficient (Wildman–Crippen LogP) is 2.30. The predicted molar refractivity (Wildman–Crippen MR) is 83.0 cm³/mol.